The minimum atomic E-state index is 0.572. The van der Waals surface area contributed by atoms with Crippen LogP contribution < -0.4 is 5.32 Å². The Morgan fingerprint density at radius 1 is 1.27 bits per heavy atom. The predicted octanol–water partition coefficient (Wildman–Crippen LogP) is 3.33. The van der Waals surface area contributed by atoms with Gasteiger partial charge in [-0.25, -0.2) is 0 Å². The summed E-state index contributed by atoms with van der Waals surface area (Å²) < 4.78 is 0. The van der Waals surface area contributed by atoms with Crippen LogP contribution in [0.4, 0.5) is 5.69 Å². The van der Waals surface area contributed by atoms with Crippen LogP contribution in [0, 0.1) is 0 Å². The average Bonchev–Trinajstić information content (AvgIpc) is 2.73. The lowest BCUT2D eigenvalue weighted by Gasteiger charge is -2.04. The Balaban J connectivity index is 2.02. The minimum absolute atomic E-state index is 0.572. The molecule has 0 aliphatic carbocycles. The number of H-pyrrole nitrogens is 1. The highest BCUT2D eigenvalue weighted by molar-refractivity contribution is 6.42. The van der Waals surface area contributed by atoms with Crippen LogP contribution in [0.15, 0.2) is 30.6 Å². The highest BCUT2D eigenvalue weighted by Crippen LogP contribution is 2.22. The summed E-state index contributed by atoms with van der Waals surface area (Å²) in [5.74, 6) is 0. The third kappa shape index (κ3) is 2.64. The van der Waals surface area contributed by atoms with Gasteiger partial charge < -0.3 is 5.32 Å². The molecular formula is C10H9Cl2N3. The molecule has 0 amide bonds. The summed E-state index contributed by atoms with van der Waals surface area (Å²) in [5, 5.41) is 10.9. The summed E-state index contributed by atoms with van der Waals surface area (Å²) in [6.07, 6.45) is 3.51. The molecular weight excluding hydrogens is 233 g/mol. The summed E-state index contributed by atoms with van der Waals surface area (Å²) in [6.45, 7) is 0.691. The van der Waals surface area contributed by atoms with E-state index in [9.17, 15) is 0 Å². The molecule has 1 aromatic carbocycles. The van der Waals surface area contributed by atoms with Gasteiger partial charge in [-0.1, -0.05) is 29.3 Å². The Hall–Kier alpha value is -1.19. The molecule has 0 radical (unpaired) electrons. The van der Waals surface area contributed by atoms with E-state index in [1.165, 1.54) is 0 Å². The van der Waals surface area contributed by atoms with Crippen molar-refractivity contribution in [1.82, 2.24) is 10.2 Å². The Kier molecular flexibility index (Phi) is 3.14. The van der Waals surface area contributed by atoms with Gasteiger partial charge in [-0.3, -0.25) is 5.10 Å². The van der Waals surface area contributed by atoms with Gasteiger partial charge in [0.15, 0.2) is 0 Å². The van der Waals surface area contributed by atoms with E-state index < -0.39 is 0 Å². The molecule has 5 heteroatoms. The Bertz CT molecular complexity index is 440. The van der Waals surface area contributed by atoms with Crippen LogP contribution in [-0.4, -0.2) is 10.2 Å². The number of aromatic nitrogens is 2. The molecule has 2 N–H and O–H groups in total. The number of nitrogens with zero attached hydrogens (tertiary/aromatic N) is 1. The first-order valence-corrected chi connectivity index (χ1v) is 5.18. The number of hydrogen-bond donors (Lipinski definition) is 2. The Morgan fingerprint density at radius 3 is 2.80 bits per heavy atom. The van der Waals surface area contributed by atoms with Crippen molar-refractivity contribution in [1.29, 1.82) is 0 Å². The topological polar surface area (TPSA) is 40.7 Å². The molecule has 1 heterocycles. The second-order valence-electron chi connectivity index (χ2n) is 3.09. The number of benzene rings is 1. The number of hydrogen-bond acceptors (Lipinski definition) is 2. The highest BCUT2D eigenvalue weighted by Gasteiger charge is 1.99. The first-order chi connectivity index (χ1) is 7.25. The maximum atomic E-state index is 5.90. The van der Waals surface area contributed by atoms with Gasteiger partial charge in [0.05, 0.1) is 21.9 Å². The van der Waals surface area contributed by atoms with Gasteiger partial charge in [-0.05, 0) is 17.7 Å². The Morgan fingerprint density at radius 2 is 2.13 bits per heavy atom. The molecule has 2 aromatic rings. The third-order valence-corrected chi connectivity index (χ3v) is 2.72. The molecule has 2 rings (SSSR count). The fraction of sp³-hybridized carbons (Fsp3) is 0.100. The van der Waals surface area contributed by atoms with Gasteiger partial charge in [0.1, 0.15) is 0 Å². The zero-order valence-corrected chi connectivity index (χ0v) is 9.31. The van der Waals surface area contributed by atoms with E-state index >= 15 is 0 Å². The second-order valence-corrected chi connectivity index (χ2v) is 3.90. The van der Waals surface area contributed by atoms with Crippen molar-refractivity contribution in [2.45, 2.75) is 6.54 Å². The van der Waals surface area contributed by atoms with E-state index in [1.807, 2.05) is 12.1 Å². The van der Waals surface area contributed by atoms with E-state index in [4.69, 9.17) is 23.2 Å². The molecule has 1 aromatic heterocycles. The molecule has 78 valence electrons. The van der Waals surface area contributed by atoms with Gasteiger partial charge in [0.25, 0.3) is 0 Å². The van der Waals surface area contributed by atoms with E-state index in [0.717, 1.165) is 11.3 Å². The van der Waals surface area contributed by atoms with Crippen LogP contribution >= 0.6 is 23.2 Å². The summed E-state index contributed by atoms with van der Waals surface area (Å²) in [4.78, 5) is 0. The first kappa shape index (κ1) is 10.3. The van der Waals surface area contributed by atoms with Crippen LogP contribution in [0.2, 0.25) is 10.0 Å². The standard InChI is InChI=1S/C10H9Cl2N3/c11-9-2-1-7(3-10(9)12)4-13-8-5-14-15-6-8/h1-3,5-6,13H,4H2,(H,14,15). The maximum Gasteiger partial charge on any atom is 0.0726 e. The molecule has 0 fully saturated rings. The summed E-state index contributed by atoms with van der Waals surface area (Å²) in [5.41, 5.74) is 2.02. The minimum Gasteiger partial charge on any atom is -0.378 e. The molecule has 0 atom stereocenters. The maximum absolute atomic E-state index is 5.90. The van der Waals surface area contributed by atoms with E-state index in [-0.39, 0.29) is 0 Å². The lowest BCUT2D eigenvalue weighted by molar-refractivity contribution is 1.09. The molecule has 3 nitrogen and oxygen atoms in total. The van der Waals surface area contributed by atoms with Crippen molar-refractivity contribution in [3.05, 3.63) is 46.2 Å². The van der Waals surface area contributed by atoms with Crippen molar-refractivity contribution >= 4 is 28.9 Å². The van der Waals surface area contributed by atoms with Gasteiger partial charge in [0.2, 0.25) is 0 Å². The van der Waals surface area contributed by atoms with E-state index in [0.29, 0.717) is 16.6 Å². The number of anilines is 1. The van der Waals surface area contributed by atoms with Gasteiger partial charge >= 0.3 is 0 Å². The van der Waals surface area contributed by atoms with Crippen molar-refractivity contribution in [2.24, 2.45) is 0 Å². The average molecular weight is 242 g/mol. The summed E-state index contributed by atoms with van der Waals surface area (Å²) in [7, 11) is 0. The van der Waals surface area contributed by atoms with Crippen LogP contribution in [0.1, 0.15) is 5.56 Å². The van der Waals surface area contributed by atoms with Crippen LogP contribution in [0.5, 0.6) is 0 Å². The quantitative estimate of drug-likeness (QED) is 0.866. The smallest absolute Gasteiger partial charge is 0.0726 e. The SMILES string of the molecule is Clc1ccc(CNc2cn[nH]c2)cc1Cl. The Labute approximate surface area is 97.4 Å². The third-order valence-electron chi connectivity index (χ3n) is 1.98. The predicted molar refractivity (Wildman–Crippen MR) is 62.4 cm³/mol. The fourth-order valence-corrected chi connectivity index (χ4v) is 1.52. The van der Waals surface area contributed by atoms with E-state index in [2.05, 4.69) is 15.5 Å². The van der Waals surface area contributed by atoms with Crippen LogP contribution in [0.3, 0.4) is 0 Å². The zero-order chi connectivity index (χ0) is 10.7. The largest absolute Gasteiger partial charge is 0.378 e. The van der Waals surface area contributed by atoms with Crippen molar-refractivity contribution in [3.8, 4) is 0 Å². The lowest BCUT2D eigenvalue weighted by atomic mass is 10.2. The van der Waals surface area contributed by atoms with Crippen LogP contribution in [-0.2, 0) is 6.54 Å². The van der Waals surface area contributed by atoms with E-state index in [1.54, 1.807) is 18.5 Å². The summed E-state index contributed by atoms with van der Waals surface area (Å²) >= 11 is 11.7. The first-order valence-electron chi connectivity index (χ1n) is 4.42. The van der Waals surface area contributed by atoms with Crippen LogP contribution in [0.25, 0.3) is 0 Å². The zero-order valence-electron chi connectivity index (χ0n) is 7.80. The molecule has 0 saturated heterocycles. The molecule has 0 unspecified atom stereocenters. The molecule has 15 heavy (non-hydrogen) atoms. The molecule has 0 saturated carbocycles. The molecule has 0 spiro atoms. The van der Waals surface area contributed by atoms with Crippen molar-refractivity contribution in [2.75, 3.05) is 5.32 Å². The monoisotopic (exact) mass is 241 g/mol. The normalized spacial score (nSPS) is 10.3. The molecule has 0 aliphatic rings. The van der Waals surface area contributed by atoms with Crippen molar-refractivity contribution < 1.29 is 0 Å². The summed E-state index contributed by atoms with van der Waals surface area (Å²) in [6, 6.07) is 5.56. The number of aromatic amines is 1. The van der Waals surface area contributed by atoms with Gasteiger partial charge in [0, 0.05) is 12.7 Å². The highest BCUT2D eigenvalue weighted by atomic mass is 35.5. The number of halogens is 2. The molecule has 0 bridgehead atoms. The van der Waals surface area contributed by atoms with Gasteiger partial charge in [-0.2, -0.15) is 5.10 Å². The molecule has 0 aliphatic heterocycles. The number of rotatable bonds is 3. The second kappa shape index (κ2) is 4.55. The number of nitrogens with one attached hydrogen (secondary N) is 2. The van der Waals surface area contributed by atoms with Crippen molar-refractivity contribution in [3.63, 3.8) is 0 Å². The lowest BCUT2D eigenvalue weighted by Crippen LogP contribution is -1.97. The fourth-order valence-electron chi connectivity index (χ4n) is 1.20. The van der Waals surface area contributed by atoms with Gasteiger partial charge in [-0.15, -0.1) is 0 Å².